The van der Waals surface area contributed by atoms with Gasteiger partial charge < -0.3 is 9.13 Å². The van der Waals surface area contributed by atoms with Crippen LogP contribution in [0.2, 0.25) is 0 Å². The lowest BCUT2D eigenvalue weighted by molar-refractivity contribution is 1.12. The van der Waals surface area contributed by atoms with Crippen LogP contribution in [0, 0.1) is 0 Å². The van der Waals surface area contributed by atoms with Crippen molar-refractivity contribution in [2.45, 2.75) is 26.7 Å². The SMILES string of the molecule is CCc1ccccc1-c1c(CC)ccc2c1c1ccccc1n2-c1cccc([Si](c2ccccc2)(c2ccccc2)c2ccc3c(c2)c2ccccc2n3-c2ccccc2)c1. The zero-order valence-corrected chi connectivity index (χ0v) is 35.6. The molecule has 0 saturated carbocycles. The Hall–Kier alpha value is -7.20. The Morgan fingerprint density at radius 3 is 1.56 bits per heavy atom. The lowest BCUT2D eigenvalue weighted by atomic mass is 9.89. The fourth-order valence-corrected chi connectivity index (χ4v) is 15.2. The number of hydrogen-bond donors (Lipinski definition) is 0. The summed E-state index contributed by atoms with van der Waals surface area (Å²) in [5.74, 6) is 0. The van der Waals surface area contributed by atoms with E-state index in [0.717, 1.165) is 12.8 Å². The maximum atomic E-state index is 2.53. The normalized spacial score (nSPS) is 11.9. The molecular formula is C58H46N2Si. The van der Waals surface area contributed by atoms with Crippen molar-refractivity contribution in [2.24, 2.45) is 0 Å². The van der Waals surface area contributed by atoms with Crippen LogP contribution in [-0.4, -0.2) is 17.2 Å². The summed E-state index contributed by atoms with van der Waals surface area (Å²) in [6.45, 7) is 4.56. The van der Waals surface area contributed by atoms with Gasteiger partial charge in [-0.3, -0.25) is 0 Å². The van der Waals surface area contributed by atoms with E-state index in [4.69, 9.17) is 0 Å². The van der Waals surface area contributed by atoms with Crippen LogP contribution in [0.15, 0.2) is 218 Å². The summed E-state index contributed by atoms with van der Waals surface area (Å²) in [6.07, 6.45) is 1.95. The second kappa shape index (κ2) is 15.1. The molecule has 3 heteroatoms. The topological polar surface area (TPSA) is 9.86 Å². The smallest absolute Gasteiger partial charge is 0.179 e. The van der Waals surface area contributed by atoms with Gasteiger partial charge in [0.15, 0.2) is 8.07 Å². The van der Waals surface area contributed by atoms with Gasteiger partial charge in [0.2, 0.25) is 0 Å². The van der Waals surface area contributed by atoms with Crippen molar-refractivity contribution in [2.75, 3.05) is 0 Å². The molecule has 2 nitrogen and oxygen atoms in total. The number of fused-ring (bicyclic) bond motifs is 6. The predicted molar refractivity (Wildman–Crippen MR) is 263 cm³/mol. The van der Waals surface area contributed by atoms with E-state index in [1.165, 1.54) is 98.0 Å². The van der Waals surface area contributed by atoms with Crippen molar-refractivity contribution in [3.8, 4) is 22.5 Å². The van der Waals surface area contributed by atoms with Gasteiger partial charge >= 0.3 is 0 Å². The Morgan fingerprint density at radius 1 is 0.344 bits per heavy atom. The molecular weight excluding hydrogens is 753 g/mol. The minimum Gasteiger partial charge on any atom is -0.309 e. The number of hydrogen-bond acceptors (Lipinski definition) is 0. The first-order chi connectivity index (χ1) is 30.2. The third-order valence-corrected chi connectivity index (χ3v) is 17.8. The van der Waals surface area contributed by atoms with E-state index in [1.807, 2.05) is 0 Å². The highest BCUT2D eigenvalue weighted by Crippen LogP contribution is 2.42. The summed E-state index contributed by atoms with van der Waals surface area (Å²) in [5.41, 5.74) is 12.7. The summed E-state index contributed by atoms with van der Waals surface area (Å²) in [4.78, 5) is 0. The zero-order valence-electron chi connectivity index (χ0n) is 34.6. The number of para-hydroxylation sites is 3. The van der Waals surface area contributed by atoms with E-state index in [2.05, 4.69) is 241 Å². The van der Waals surface area contributed by atoms with Gasteiger partial charge in [0.05, 0.1) is 22.1 Å². The van der Waals surface area contributed by atoms with Crippen molar-refractivity contribution in [3.05, 3.63) is 230 Å². The molecule has 0 radical (unpaired) electrons. The minimum absolute atomic E-state index is 0.967. The Labute approximate surface area is 358 Å². The van der Waals surface area contributed by atoms with Crippen molar-refractivity contribution in [1.29, 1.82) is 0 Å². The van der Waals surface area contributed by atoms with Crippen molar-refractivity contribution < 1.29 is 0 Å². The summed E-state index contributed by atoms with van der Waals surface area (Å²) in [6, 6.07) is 81.9. The van der Waals surface area contributed by atoms with Gasteiger partial charge in [0.1, 0.15) is 0 Å². The molecule has 0 bridgehead atoms. The van der Waals surface area contributed by atoms with E-state index in [1.54, 1.807) is 0 Å². The predicted octanol–water partition coefficient (Wildman–Crippen LogP) is 12.0. The standard InChI is InChI=1S/C58H46N2Si/c1-3-41-21-14-15-30-49(41)57-42(4-2)35-37-56-58(57)51-32-17-19-34-54(51)60(56)44-24-20-29-47(39-44)61(45-25-10-6-11-26-45,46-27-12-7-13-28-46)48-36-38-55-52(40-48)50-31-16-18-33-53(50)59(55)43-22-8-5-9-23-43/h5-40H,3-4H2,1-2H3. The fraction of sp³-hybridized carbons (Fsp3) is 0.0690. The highest BCUT2D eigenvalue weighted by Gasteiger charge is 2.42. The summed E-state index contributed by atoms with van der Waals surface area (Å²) >= 11 is 0. The van der Waals surface area contributed by atoms with Crippen molar-refractivity contribution in [3.63, 3.8) is 0 Å². The average Bonchev–Trinajstić information content (AvgIpc) is 3.85. The molecule has 0 amide bonds. The third-order valence-electron chi connectivity index (χ3n) is 13.0. The Balaban J connectivity index is 1.22. The summed E-state index contributed by atoms with van der Waals surface area (Å²) in [5, 5.41) is 10.6. The summed E-state index contributed by atoms with van der Waals surface area (Å²) in [7, 11) is -2.97. The highest BCUT2D eigenvalue weighted by atomic mass is 28.3. The van der Waals surface area contributed by atoms with Crippen molar-refractivity contribution in [1.82, 2.24) is 9.13 Å². The molecule has 11 rings (SSSR count). The molecule has 61 heavy (non-hydrogen) atoms. The molecule has 0 atom stereocenters. The van der Waals surface area contributed by atoms with Gasteiger partial charge in [-0.15, -0.1) is 0 Å². The van der Waals surface area contributed by atoms with Crippen LogP contribution in [0.3, 0.4) is 0 Å². The molecule has 0 N–H and O–H groups in total. The Morgan fingerprint density at radius 2 is 0.852 bits per heavy atom. The van der Waals surface area contributed by atoms with Crippen LogP contribution < -0.4 is 20.7 Å². The van der Waals surface area contributed by atoms with E-state index >= 15 is 0 Å². The van der Waals surface area contributed by atoms with Gasteiger partial charge in [0, 0.05) is 32.9 Å². The number of aromatic nitrogens is 2. The van der Waals surface area contributed by atoms with Gasteiger partial charge in [-0.25, -0.2) is 0 Å². The summed E-state index contributed by atoms with van der Waals surface area (Å²) < 4.78 is 4.94. The van der Waals surface area contributed by atoms with E-state index in [-0.39, 0.29) is 0 Å². The average molecular weight is 799 g/mol. The van der Waals surface area contributed by atoms with Crippen LogP contribution in [0.4, 0.5) is 0 Å². The lowest BCUT2D eigenvalue weighted by Crippen LogP contribution is -2.74. The van der Waals surface area contributed by atoms with Crippen LogP contribution >= 0.6 is 0 Å². The maximum Gasteiger partial charge on any atom is 0.179 e. The molecule has 2 aromatic heterocycles. The monoisotopic (exact) mass is 798 g/mol. The molecule has 0 fully saturated rings. The largest absolute Gasteiger partial charge is 0.309 e. The molecule has 2 heterocycles. The molecule has 0 aliphatic rings. The molecule has 292 valence electrons. The van der Waals surface area contributed by atoms with Gasteiger partial charge in [-0.05, 0) is 104 Å². The lowest BCUT2D eigenvalue weighted by Gasteiger charge is -2.35. The number of aryl methyl sites for hydroxylation is 2. The van der Waals surface area contributed by atoms with Crippen LogP contribution in [-0.2, 0) is 12.8 Å². The second-order valence-electron chi connectivity index (χ2n) is 16.2. The molecule has 0 aliphatic heterocycles. The first kappa shape index (κ1) is 36.8. The first-order valence-electron chi connectivity index (χ1n) is 21.6. The zero-order chi connectivity index (χ0) is 40.9. The fourth-order valence-electron chi connectivity index (χ4n) is 10.4. The number of nitrogens with zero attached hydrogens (tertiary/aromatic N) is 2. The number of rotatable bonds is 9. The molecule has 9 aromatic carbocycles. The third kappa shape index (κ3) is 5.76. The minimum atomic E-state index is -2.97. The van der Waals surface area contributed by atoms with Crippen molar-refractivity contribution >= 4 is 72.4 Å². The van der Waals surface area contributed by atoms with E-state index in [9.17, 15) is 0 Å². The van der Waals surface area contributed by atoms with Crippen LogP contribution in [0.25, 0.3) is 66.1 Å². The molecule has 0 unspecified atom stereocenters. The highest BCUT2D eigenvalue weighted by molar-refractivity contribution is 7.20. The first-order valence-corrected chi connectivity index (χ1v) is 23.6. The van der Waals surface area contributed by atoms with Gasteiger partial charge in [0.25, 0.3) is 0 Å². The Bertz CT molecular complexity index is 3340. The second-order valence-corrected chi connectivity index (χ2v) is 20.0. The van der Waals surface area contributed by atoms with E-state index in [0.29, 0.717) is 0 Å². The molecule has 0 spiro atoms. The van der Waals surface area contributed by atoms with Crippen LogP contribution in [0.1, 0.15) is 25.0 Å². The van der Waals surface area contributed by atoms with Crippen LogP contribution in [0.5, 0.6) is 0 Å². The Kier molecular flexibility index (Phi) is 9.13. The maximum absolute atomic E-state index is 2.97. The molecule has 0 saturated heterocycles. The van der Waals surface area contributed by atoms with Gasteiger partial charge in [-0.1, -0.05) is 184 Å². The van der Waals surface area contributed by atoms with Gasteiger partial charge in [-0.2, -0.15) is 0 Å². The number of benzene rings is 9. The molecule has 11 aromatic rings. The van der Waals surface area contributed by atoms with E-state index < -0.39 is 8.07 Å². The molecule has 0 aliphatic carbocycles. The quantitative estimate of drug-likeness (QED) is 0.102.